The minimum absolute atomic E-state index is 0.517. The normalized spacial score (nSPS) is 20.9. The highest BCUT2D eigenvalue weighted by Crippen LogP contribution is 2.34. The van der Waals surface area contributed by atoms with Gasteiger partial charge in [-0.15, -0.1) is 0 Å². The molecule has 70 valence electrons. The van der Waals surface area contributed by atoms with Crippen LogP contribution in [0, 0.1) is 5.92 Å². The summed E-state index contributed by atoms with van der Waals surface area (Å²) in [6.07, 6.45) is 0. The number of hydrogen-bond acceptors (Lipinski definition) is 2. The van der Waals surface area contributed by atoms with Gasteiger partial charge >= 0.3 is 0 Å². The molecule has 1 atom stereocenters. The molecular formula is C10H12ClNO. The molecule has 1 heterocycles. The van der Waals surface area contributed by atoms with Gasteiger partial charge in [-0.3, -0.25) is 0 Å². The van der Waals surface area contributed by atoms with E-state index in [1.54, 1.807) is 0 Å². The molecule has 1 aliphatic heterocycles. The molecule has 0 saturated carbocycles. The van der Waals surface area contributed by atoms with Crippen molar-refractivity contribution in [3.63, 3.8) is 0 Å². The lowest BCUT2D eigenvalue weighted by Crippen LogP contribution is -2.13. The number of para-hydroxylation sites is 1. The quantitative estimate of drug-likeness (QED) is 0.691. The van der Waals surface area contributed by atoms with Crippen LogP contribution in [0.15, 0.2) is 18.2 Å². The molecule has 0 aliphatic carbocycles. The third-order valence-corrected chi connectivity index (χ3v) is 2.42. The largest absolute Gasteiger partial charge is 0.489 e. The van der Waals surface area contributed by atoms with E-state index in [4.69, 9.17) is 16.3 Å². The van der Waals surface area contributed by atoms with Crippen molar-refractivity contribution in [1.82, 2.24) is 0 Å². The number of fused-ring (bicyclic) bond motifs is 1. The van der Waals surface area contributed by atoms with E-state index in [0.717, 1.165) is 24.6 Å². The molecule has 0 spiro atoms. The molecule has 1 aliphatic rings. The Balaban J connectivity index is 2.35. The zero-order valence-electron chi connectivity index (χ0n) is 7.51. The van der Waals surface area contributed by atoms with Gasteiger partial charge in [-0.1, -0.05) is 24.6 Å². The molecule has 0 radical (unpaired) electrons. The van der Waals surface area contributed by atoms with Crippen molar-refractivity contribution in [2.75, 3.05) is 18.5 Å². The van der Waals surface area contributed by atoms with Crippen molar-refractivity contribution >= 4 is 17.3 Å². The van der Waals surface area contributed by atoms with Gasteiger partial charge in [0.05, 0.1) is 17.3 Å². The molecule has 0 bridgehead atoms. The third-order valence-electron chi connectivity index (χ3n) is 2.12. The van der Waals surface area contributed by atoms with Gasteiger partial charge < -0.3 is 10.1 Å². The topological polar surface area (TPSA) is 21.3 Å². The Hall–Kier alpha value is -0.890. The van der Waals surface area contributed by atoms with Crippen molar-refractivity contribution in [3.05, 3.63) is 23.2 Å². The lowest BCUT2D eigenvalue weighted by Gasteiger charge is -2.08. The van der Waals surface area contributed by atoms with Crippen LogP contribution in [0.25, 0.3) is 0 Å². The maximum atomic E-state index is 6.00. The first-order valence-corrected chi connectivity index (χ1v) is 4.80. The summed E-state index contributed by atoms with van der Waals surface area (Å²) in [5.41, 5.74) is 0.997. The van der Waals surface area contributed by atoms with Crippen LogP contribution in [0.2, 0.25) is 5.02 Å². The fourth-order valence-electron chi connectivity index (χ4n) is 1.36. The standard InChI is InChI=1S/C10H12ClNO/c1-7-5-12-9-4-2-3-8(11)10(9)13-6-7/h2-4,7,12H,5-6H2,1H3. The molecule has 2 nitrogen and oxygen atoms in total. The molecule has 2 rings (SSSR count). The van der Waals surface area contributed by atoms with Crippen LogP contribution in [-0.4, -0.2) is 13.2 Å². The Morgan fingerprint density at radius 3 is 3.23 bits per heavy atom. The van der Waals surface area contributed by atoms with Gasteiger partial charge in [-0.05, 0) is 12.1 Å². The van der Waals surface area contributed by atoms with Gasteiger partial charge in [-0.25, -0.2) is 0 Å². The van der Waals surface area contributed by atoms with Gasteiger partial charge in [-0.2, -0.15) is 0 Å². The van der Waals surface area contributed by atoms with E-state index in [-0.39, 0.29) is 0 Å². The number of nitrogens with one attached hydrogen (secondary N) is 1. The predicted molar refractivity (Wildman–Crippen MR) is 54.6 cm³/mol. The Morgan fingerprint density at radius 2 is 2.38 bits per heavy atom. The van der Waals surface area contributed by atoms with E-state index in [1.165, 1.54) is 0 Å². The van der Waals surface area contributed by atoms with Crippen LogP contribution in [-0.2, 0) is 0 Å². The first kappa shape index (κ1) is 8.70. The van der Waals surface area contributed by atoms with Crippen molar-refractivity contribution in [1.29, 1.82) is 0 Å². The van der Waals surface area contributed by atoms with Gasteiger partial charge in [0.2, 0.25) is 0 Å². The minimum Gasteiger partial charge on any atom is -0.489 e. The Morgan fingerprint density at radius 1 is 1.54 bits per heavy atom. The number of hydrogen-bond donors (Lipinski definition) is 1. The number of rotatable bonds is 0. The van der Waals surface area contributed by atoms with Crippen LogP contribution in [0.5, 0.6) is 5.75 Å². The summed E-state index contributed by atoms with van der Waals surface area (Å²) in [7, 11) is 0. The fraction of sp³-hybridized carbons (Fsp3) is 0.400. The highest BCUT2D eigenvalue weighted by Gasteiger charge is 2.14. The summed E-state index contributed by atoms with van der Waals surface area (Å²) in [5.74, 6) is 1.30. The zero-order chi connectivity index (χ0) is 9.26. The molecule has 0 amide bonds. The van der Waals surface area contributed by atoms with Crippen LogP contribution in [0.3, 0.4) is 0 Å². The average molecular weight is 198 g/mol. The van der Waals surface area contributed by atoms with E-state index in [9.17, 15) is 0 Å². The van der Waals surface area contributed by atoms with E-state index in [0.29, 0.717) is 10.9 Å². The zero-order valence-corrected chi connectivity index (χ0v) is 8.27. The second-order valence-corrected chi connectivity index (χ2v) is 3.82. The average Bonchev–Trinajstić information content (AvgIpc) is 2.30. The molecular weight excluding hydrogens is 186 g/mol. The van der Waals surface area contributed by atoms with E-state index >= 15 is 0 Å². The smallest absolute Gasteiger partial charge is 0.160 e. The molecule has 1 N–H and O–H groups in total. The van der Waals surface area contributed by atoms with Crippen molar-refractivity contribution in [3.8, 4) is 5.75 Å². The molecule has 3 heteroatoms. The van der Waals surface area contributed by atoms with Crippen LogP contribution in [0.1, 0.15) is 6.92 Å². The van der Waals surface area contributed by atoms with E-state index < -0.39 is 0 Å². The van der Waals surface area contributed by atoms with Crippen LogP contribution >= 0.6 is 11.6 Å². The highest BCUT2D eigenvalue weighted by atomic mass is 35.5. The summed E-state index contributed by atoms with van der Waals surface area (Å²) in [4.78, 5) is 0. The number of benzene rings is 1. The van der Waals surface area contributed by atoms with Crippen molar-refractivity contribution < 1.29 is 4.74 Å². The summed E-state index contributed by atoms with van der Waals surface area (Å²) in [6, 6.07) is 5.75. The van der Waals surface area contributed by atoms with Crippen molar-refractivity contribution in [2.24, 2.45) is 5.92 Å². The summed E-state index contributed by atoms with van der Waals surface area (Å²) in [6.45, 7) is 3.81. The maximum absolute atomic E-state index is 6.00. The first-order valence-electron chi connectivity index (χ1n) is 4.42. The van der Waals surface area contributed by atoms with Crippen molar-refractivity contribution in [2.45, 2.75) is 6.92 Å². The Labute approximate surface area is 82.9 Å². The van der Waals surface area contributed by atoms with E-state index in [2.05, 4.69) is 12.2 Å². The van der Waals surface area contributed by atoms with Gasteiger partial charge in [0.1, 0.15) is 0 Å². The predicted octanol–water partition coefficient (Wildman–Crippen LogP) is 2.78. The molecule has 0 fully saturated rings. The molecule has 1 aromatic rings. The fourth-order valence-corrected chi connectivity index (χ4v) is 1.59. The number of halogens is 1. The lowest BCUT2D eigenvalue weighted by atomic mass is 10.2. The van der Waals surface area contributed by atoms with Crippen LogP contribution < -0.4 is 10.1 Å². The SMILES string of the molecule is CC1CNc2cccc(Cl)c2OC1. The summed E-state index contributed by atoms with van der Waals surface area (Å²) in [5, 5.41) is 3.99. The Bertz CT molecular complexity index is 314. The minimum atomic E-state index is 0.517. The summed E-state index contributed by atoms with van der Waals surface area (Å²) >= 11 is 6.00. The lowest BCUT2D eigenvalue weighted by molar-refractivity contribution is 0.276. The van der Waals surface area contributed by atoms with Gasteiger partial charge in [0, 0.05) is 12.5 Å². The maximum Gasteiger partial charge on any atom is 0.160 e. The van der Waals surface area contributed by atoms with Gasteiger partial charge in [0.15, 0.2) is 5.75 Å². The molecule has 0 saturated heterocycles. The van der Waals surface area contributed by atoms with Gasteiger partial charge in [0.25, 0.3) is 0 Å². The monoisotopic (exact) mass is 197 g/mol. The second-order valence-electron chi connectivity index (χ2n) is 3.41. The number of ether oxygens (including phenoxy) is 1. The van der Waals surface area contributed by atoms with E-state index in [1.807, 2.05) is 18.2 Å². The second kappa shape index (κ2) is 3.46. The Kier molecular flexibility index (Phi) is 2.32. The third kappa shape index (κ3) is 1.73. The number of anilines is 1. The highest BCUT2D eigenvalue weighted by molar-refractivity contribution is 6.32. The summed E-state index contributed by atoms with van der Waals surface area (Å²) < 4.78 is 5.60. The van der Waals surface area contributed by atoms with Crippen LogP contribution in [0.4, 0.5) is 5.69 Å². The molecule has 1 aromatic carbocycles. The molecule has 1 unspecified atom stereocenters. The first-order chi connectivity index (χ1) is 6.27. The molecule has 0 aromatic heterocycles. The molecule has 13 heavy (non-hydrogen) atoms.